The minimum absolute atomic E-state index is 0.298. The van der Waals surface area contributed by atoms with Crippen LogP contribution < -0.4 is 5.32 Å². The lowest BCUT2D eigenvalue weighted by atomic mass is 10.2. The summed E-state index contributed by atoms with van der Waals surface area (Å²) in [6, 6.07) is 9.64. The predicted octanol–water partition coefficient (Wildman–Crippen LogP) is 2.26. The first-order valence-electron chi connectivity index (χ1n) is 5.83. The van der Waals surface area contributed by atoms with E-state index in [1.807, 2.05) is 49.5 Å². The molecule has 0 spiro atoms. The molecule has 0 unspecified atom stereocenters. The molecule has 1 N–H and O–H groups in total. The van der Waals surface area contributed by atoms with E-state index in [1.54, 1.807) is 6.20 Å². The van der Waals surface area contributed by atoms with Gasteiger partial charge in [0.2, 0.25) is 0 Å². The highest BCUT2D eigenvalue weighted by atomic mass is 16.6. The Morgan fingerprint density at radius 1 is 1.39 bits per heavy atom. The lowest BCUT2D eigenvalue weighted by Crippen LogP contribution is -2.29. The molecule has 0 aromatic heterocycles. The number of nitrogens with zero attached hydrogens (tertiary/aromatic N) is 1. The van der Waals surface area contributed by atoms with E-state index in [0.717, 1.165) is 11.3 Å². The number of benzene rings is 1. The van der Waals surface area contributed by atoms with Crippen molar-refractivity contribution in [3.8, 4) is 0 Å². The Labute approximate surface area is 107 Å². The van der Waals surface area contributed by atoms with Gasteiger partial charge in [-0.2, -0.15) is 0 Å². The largest absolute Gasteiger partial charge is 0.444 e. The summed E-state index contributed by atoms with van der Waals surface area (Å²) < 4.78 is 5.22. The smallest absolute Gasteiger partial charge is 0.414 e. The number of amides is 1. The van der Waals surface area contributed by atoms with Crippen molar-refractivity contribution in [3.63, 3.8) is 0 Å². The zero-order valence-electron chi connectivity index (χ0n) is 10.3. The van der Waals surface area contributed by atoms with Crippen LogP contribution in [0.4, 0.5) is 4.79 Å². The van der Waals surface area contributed by atoms with Crippen molar-refractivity contribution < 1.29 is 9.53 Å². The first-order valence-corrected chi connectivity index (χ1v) is 5.83. The maximum absolute atomic E-state index is 11.8. The maximum atomic E-state index is 11.8. The topological polar surface area (TPSA) is 41.6 Å². The molecule has 1 aliphatic rings. The lowest BCUT2D eigenvalue weighted by Gasteiger charge is -2.20. The molecular formula is C14H16N2O2. The van der Waals surface area contributed by atoms with Crippen LogP contribution in [0.2, 0.25) is 0 Å². The van der Waals surface area contributed by atoms with Crippen LogP contribution >= 0.6 is 0 Å². The van der Waals surface area contributed by atoms with Crippen molar-refractivity contribution in [1.82, 2.24) is 10.2 Å². The van der Waals surface area contributed by atoms with Crippen molar-refractivity contribution in [2.24, 2.45) is 0 Å². The first kappa shape index (κ1) is 12.2. The van der Waals surface area contributed by atoms with Gasteiger partial charge in [0.05, 0.1) is 0 Å². The summed E-state index contributed by atoms with van der Waals surface area (Å²) in [6.45, 7) is 0.826. The van der Waals surface area contributed by atoms with Gasteiger partial charge in [0.25, 0.3) is 0 Å². The standard InChI is InChI=1S/C14H16N2O2/c1-15-13-7-9-16(10-8-13)14(17)18-11-12-5-3-2-4-6-12/h2-9,15H,10-11H2,1H3. The van der Waals surface area contributed by atoms with Gasteiger partial charge in [-0.1, -0.05) is 30.3 Å². The van der Waals surface area contributed by atoms with Gasteiger partial charge in [0.15, 0.2) is 0 Å². The second-order valence-electron chi connectivity index (χ2n) is 3.92. The lowest BCUT2D eigenvalue weighted by molar-refractivity contribution is 0.113. The average molecular weight is 244 g/mol. The molecule has 1 heterocycles. The van der Waals surface area contributed by atoms with E-state index in [2.05, 4.69) is 5.32 Å². The Balaban J connectivity index is 1.83. The normalized spacial score (nSPS) is 14.1. The van der Waals surface area contributed by atoms with Gasteiger partial charge in [0, 0.05) is 25.5 Å². The van der Waals surface area contributed by atoms with Gasteiger partial charge < -0.3 is 10.1 Å². The molecule has 0 saturated carbocycles. The molecule has 1 aromatic rings. The molecule has 18 heavy (non-hydrogen) atoms. The van der Waals surface area contributed by atoms with Gasteiger partial charge in [-0.25, -0.2) is 4.79 Å². The first-order chi connectivity index (χ1) is 8.79. The molecule has 1 amide bonds. The van der Waals surface area contributed by atoms with E-state index in [9.17, 15) is 4.79 Å². The van der Waals surface area contributed by atoms with Crippen molar-refractivity contribution >= 4 is 6.09 Å². The summed E-state index contributed by atoms with van der Waals surface area (Å²) >= 11 is 0. The number of likely N-dealkylation sites (N-methyl/N-ethyl adjacent to an activating group) is 1. The molecule has 0 saturated heterocycles. The minimum Gasteiger partial charge on any atom is -0.444 e. The number of nitrogens with one attached hydrogen (secondary N) is 1. The number of carbonyl (C=O) groups is 1. The highest BCUT2D eigenvalue weighted by Crippen LogP contribution is 2.08. The third kappa shape index (κ3) is 3.13. The van der Waals surface area contributed by atoms with Crippen LogP contribution in [-0.2, 0) is 11.3 Å². The SMILES string of the molecule is CNC1=CCN(C(=O)OCc2ccccc2)C=C1. The van der Waals surface area contributed by atoms with E-state index < -0.39 is 0 Å². The van der Waals surface area contributed by atoms with Crippen LogP contribution in [0.25, 0.3) is 0 Å². The van der Waals surface area contributed by atoms with Crippen LogP contribution in [0.5, 0.6) is 0 Å². The Morgan fingerprint density at radius 3 is 2.78 bits per heavy atom. The molecule has 1 aliphatic heterocycles. The van der Waals surface area contributed by atoms with Crippen LogP contribution in [-0.4, -0.2) is 24.6 Å². The summed E-state index contributed by atoms with van der Waals surface area (Å²) in [5.41, 5.74) is 1.99. The molecule has 94 valence electrons. The Morgan fingerprint density at radius 2 is 2.17 bits per heavy atom. The second-order valence-corrected chi connectivity index (χ2v) is 3.92. The van der Waals surface area contributed by atoms with Gasteiger partial charge >= 0.3 is 6.09 Å². The van der Waals surface area contributed by atoms with Gasteiger partial charge in [-0.3, -0.25) is 4.90 Å². The van der Waals surface area contributed by atoms with E-state index in [4.69, 9.17) is 4.74 Å². The fraction of sp³-hybridized carbons (Fsp3) is 0.214. The number of carbonyl (C=O) groups excluding carboxylic acids is 1. The quantitative estimate of drug-likeness (QED) is 0.886. The maximum Gasteiger partial charge on any atom is 0.414 e. The minimum atomic E-state index is -0.332. The number of allylic oxidation sites excluding steroid dienone is 1. The van der Waals surface area contributed by atoms with Gasteiger partial charge in [-0.05, 0) is 17.7 Å². The van der Waals surface area contributed by atoms with Crippen LogP contribution in [0.15, 0.2) is 54.4 Å². The van der Waals surface area contributed by atoms with Crippen molar-refractivity contribution in [2.45, 2.75) is 6.61 Å². The van der Waals surface area contributed by atoms with E-state index >= 15 is 0 Å². The third-order valence-corrected chi connectivity index (χ3v) is 2.67. The fourth-order valence-corrected chi connectivity index (χ4v) is 1.62. The monoisotopic (exact) mass is 244 g/mol. The summed E-state index contributed by atoms with van der Waals surface area (Å²) in [7, 11) is 1.85. The zero-order valence-corrected chi connectivity index (χ0v) is 10.3. The second kappa shape index (κ2) is 5.91. The molecule has 0 aliphatic carbocycles. The third-order valence-electron chi connectivity index (χ3n) is 2.67. The number of hydrogen-bond acceptors (Lipinski definition) is 3. The van der Waals surface area contributed by atoms with Crippen molar-refractivity contribution in [1.29, 1.82) is 0 Å². The Bertz CT molecular complexity index is 466. The molecular weight excluding hydrogens is 228 g/mol. The summed E-state index contributed by atoms with van der Waals surface area (Å²) in [6.07, 6.45) is 5.16. The molecule has 1 aromatic carbocycles. The van der Waals surface area contributed by atoms with E-state index in [0.29, 0.717) is 13.2 Å². The number of rotatable bonds is 3. The van der Waals surface area contributed by atoms with E-state index in [-0.39, 0.29) is 6.09 Å². The van der Waals surface area contributed by atoms with E-state index in [1.165, 1.54) is 4.90 Å². The molecule has 4 nitrogen and oxygen atoms in total. The molecule has 0 fully saturated rings. The molecule has 0 atom stereocenters. The Kier molecular flexibility index (Phi) is 4.02. The van der Waals surface area contributed by atoms with Crippen LogP contribution in [0, 0.1) is 0 Å². The van der Waals surface area contributed by atoms with Gasteiger partial charge in [-0.15, -0.1) is 0 Å². The zero-order chi connectivity index (χ0) is 12.8. The van der Waals surface area contributed by atoms with Gasteiger partial charge in [0.1, 0.15) is 6.61 Å². The fourth-order valence-electron chi connectivity index (χ4n) is 1.62. The highest BCUT2D eigenvalue weighted by Gasteiger charge is 2.13. The summed E-state index contributed by atoms with van der Waals surface area (Å²) in [5, 5.41) is 3.02. The molecule has 2 rings (SSSR count). The molecule has 0 radical (unpaired) electrons. The van der Waals surface area contributed by atoms with Crippen molar-refractivity contribution in [3.05, 3.63) is 59.9 Å². The molecule has 0 bridgehead atoms. The summed E-state index contributed by atoms with van der Waals surface area (Å²) in [4.78, 5) is 13.3. The van der Waals surface area contributed by atoms with Crippen LogP contribution in [0.3, 0.4) is 0 Å². The summed E-state index contributed by atoms with van der Waals surface area (Å²) in [5.74, 6) is 0. The predicted molar refractivity (Wildman–Crippen MR) is 69.6 cm³/mol. The van der Waals surface area contributed by atoms with Crippen LogP contribution in [0.1, 0.15) is 5.56 Å². The molecule has 4 heteroatoms. The van der Waals surface area contributed by atoms with Crippen molar-refractivity contribution in [2.75, 3.05) is 13.6 Å². The average Bonchev–Trinajstić information content (AvgIpc) is 2.46. The Hall–Kier alpha value is -2.23. The number of ether oxygens (including phenoxy) is 1. The number of hydrogen-bond donors (Lipinski definition) is 1. The highest BCUT2D eigenvalue weighted by molar-refractivity contribution is 5.69.